The van der Waals surface area contributed by atoms with E-state index in [4.69, 9.17) is 0 Å². The van der Waals surface area contributed by atoms with Crippen molar-refractivity contribution < 1.29 is 8.78 Å². The van der Waals surface area contributed by atoms with Gasteiger partial charge in [-0.1, -0.05) is 38.1 Å². The van der Waals surface area contributed by atoms with Crippen molar-refractivity contribution in [1.82, 2.24) is 5.32 Å². The second-order valence-electron chi connectivity index (χ2n) is 5.31. The Bertz CT molecular complexity index is 606. The smallest absolute Gasteiger partial charge is 0.128 e. The molecule has 0 amide bonds. The predicted octanol–water partition coefficient (Wildman–Crippen LogP) is 4.44. The van der Waals surface area contributed by atoms with Crippen LogP contribution in [0, 0.1) is 18.6 Å². The summed E-state index contributed by atoms with van der Waals surface area (Å²) < 4.78 is 27.6. The third-order valence-electron chi connectivity index (χ3n) is 3.26. The molecule has 0 aromatic heterocycles. The number of hydrogen-bond acceptors (Lipinski definition) is 1. The molecule has 2 aromatic rings. The lowest BCUT2D eigenvalue weighted by Gasteiger charge is -2.10. The van der Waals surface area contributed by atoms with E-state index in [1.165, 1.54) is 12.1 Å². The number of rotatable bonds is 4. The Morgan fingerprint density at radius 2 is 1.55 bits per heavy atom. The molecule has 3 heteroatoms. The molecule has 0 aliphatic carbocycles. The summed E-state index contributed by atoms with van der Waals surface area (Å²) in [6, 6.07) is 10.3. The molecule has 106 valence electrons. The van der Waals surface area contributed by atoms with E-state index in [1.807, 2.05) is 19.9 Å². The molecule has 0 aliphatic rings. The van der Waals surface area contributed by atoms with E-state index in [-0.39, 0.29) is 11.6 Å². The first kappa shape index (κ1) is 14.7. The Hall–Kier alpha value is -1.74. The molecular weight excluding hydrogens is 256 g/mol. The van der Waals surface area contributed by atoms with E-state index < -0.39 is 0 Å². The predicted molar refractivity (Wildman–Crippen MR) is 78.5 cm³/mol. The van der Waals surface area contributed by atoms with Crippen molar-refractivity contribution in [3.05, 3.63) is 59.2 Å². The fourth-order valence-electron chi connectivity index (χ4n) is 1.96. The highest BCUT2D eigenvalue weighted by atomic mass is 19.1. The van der Waals surface area contributed by atoms with Gasteiger partial charge in [-0.15, -0.1) is 0 Å². The van der Waals surface area contributed by atoms with E-state index >= 15 is 0 Å². The molecule has 0 fully saturated rings. The molecular formula is C17H19F2N. The summed E-state index contributed by atoms with van der Waals surface area (Å²) in [6.07, 6.45) is 0. The van der Waals surface area contributed by atoms with Crippen molar-refractivity contribution in [2.45, 2.75) is 33.4 Å². The second-order valence-corrected chi connectivity index (χ2v) is 5.31. The molecule has 0 aliphatic heterocycles. The van der Waals surface area contributed by atoms with Crippen molar-refractivity contribution in [3.8, 4) is 11.1 Å². The summed E-state index contributed by atoms with van der Waals surface area (Å²) in [7, 11) is 0. The first-order chi connectivity index (χ1) is 9.47. The van der Waals surface area contributed by atoms with Gasteiger partial charge in [-0.05, 0) is 35.7 Å². The highest BCUT2D eigenvalue weighted by Crippen LogP contribution is 2.24. The first-order valence-corrected chi connectivity index (χ1v) is 6.75. The quantitative estimate of drug-likeness (QED) is 0.870. The molecule has 1 nitrogen and oxygen atoms in total. The van der Waals surface area contributed by atoms with Crippen LogP contribution in [0.5, 0.6) is 0 Å². The minimum Gasteiger partial charge on any atom is -0.310 e. The van der Waals surface area contributed by atoms with Crippen LogP contribution >= 0.6 is 0 Å². The summed E-state index contributed by atoms with van der Waals surface area (Å²) in [6.45, 7) is 6.23. The lowest BCUT2D eigenvalue weighted by molar-refractivity contribution is 0.553. The Morgan fingerprint density at radius 1 is 0.950 bits per heavy atom. The van der Waals surface area contributed by atoms with Crippen LogP contribution in [0.2, 0.25) is 0 Å². The Balaban J connectivity index is 2.26. The average Bonchev–Trinajstić information content (AvgIpc) is 2.40. The van der Waals surface area contributed by atoms with Gasteiger partial charge in [-0.3, -0.25) is 0 Å². The number of nitrogens with one attached hydrogen (secondary N) is 1. The highest BCUT2D eigenvalue weighted by molar-refractivity contribution is 5.64. The molecule has 20 heavy (non-hydrogen) atoms. The number of halogens is 2. The first-order valence-electron chi connectivity index (χ1n) is 6.75. The van der Waals surface area contributed by atoms with Gasteiger partial charge in [0, 0.05) is 18.2 Å². The van der Waals surface area contributed by atoms with Gasteiger partial charge >= 0.3 is 0 Å². The molecule has 0 heterocycles. The fourth-order valence-corrected chi connectivity index (χ4v) is 1.96. The minimum absolute atomic E-state index is 0.267. The summed E-state index contributed by atoms with van der Waals surface area (Å²) in [4.78, 5) is 0. The van der Waals surface area contributed by atoms with E-state index in [2.05, 4.69) is 5.32 Å². The van der Waals surface area contributed by atoms with Crippen LogP contribution in [0.4, 0.5) is 8.78 Å². The van der Waals surface area contributed by atoms with Crippen molar-refractivity contribution in [2.75, 3.05) is 0 Å². The molecule has 2 rings (SSSR count). The lowest BCUT2D eigenvalue weighted by Crippen LogP contribution is -2.22. The maximum Gasteiger partial charge on any atom is 0.128 e. The largest absolute Gasteiger partial charge is 0.310 e. The molecule has 0 bridgehead atoms. The Labute approximate surface area is 118 Å². The maximum atomic E-state index is 14.0. The third-order valence-corrected chi connectivity index (χ3v) is 3.26. The average molecular weight is 275 g/mol. The van der Waals surface area contributed by atoms with Crippen LogP contribution < -0.4 is 5.32 Å². The van der Waals surface area contributed by atoms with Crippen molar-refractivity contribution in [3.63, 3.8) is 0 Å². The van der Waals surface area contributed by atoms with Crippen LogP contribution in [0.15, 0.2) is 36.4 Å². The number of aryl methyl sites for hydroxylation is 1. The lowest BCUT2D eigenvalue weighted by atomic mass is 10.0. The second kappa shape index (κ2) is 6.14. The summed E-state index contributed by atoms with van der Waals surface area (Å²) >= 11 is 0. The van der Waals surface area contributed by atoms with Gasteiger partial charge in [0.15, 0.2) is 0 Å². The van der Waals surface area contributed by atoms with E-state index in [0.717, 1.165) is 0 Å². The van der Waals surface area contributed by atoms with Gasteiger partial charge in [0.1, 0.15) is 11.6 Å². The summed E-state index contributed by atoms with van der Waals surface area (Å²) in [5.41, 5.74) is 2.59. The van der Waals surface area contributed by atoms with Gasteiger partial charge in [0.2, 0.25) is 0 Å². The van der Waals surface area contributed by atoms with Crippen molar-refractivity contribution in [2.24, 2.45) is 0 Å². The molecule has 0 spiro atoms. The SMILES string of the molecule is Cc1ccc(-c2ccc(CNC(C)C)c(F)c2)cc1F. The van der Waals surface area contributed by atoms with Gasteiger partial charge in [0.25, 0.3) is 0 Å². The normalized spacial score (nSPS) is 11.1. The Morgan fingerprint density at radius 3 is 2.10 bits per heavy atom. The standard InChI is InChI=1S/C17H19F2N/c1-11(2)20-10-15-7-6-14(9-17(15)19)13-5-4-12(3)16(18)8-13/h4-9,11,20H,10H2,1-3H3. The molecule has 1 N–H and O–H groups in total. The van der Waals surface area contributed by atoms with Gasteiger partial charge in [0.05, 0.1) is 0 Å². The van der Waals surface area contributed by atoms with Gasteiger partial charge < -0.3 is 5.32 Å². The Kier molecular flexibility index (Phi) is 4.50. The zero-order chi connectivity index (χ0) is 14.7. The van der Waals surface area contributed by atoms with Crippen LogP contribution in [0.1, 0.15) is 25.0 Å². The maximum absolute atomic E-state index is 14.0. The van der Waals surface area contributed by atoms with Crippen LogP contribution in [0.25, 0.3) is 11.1 Å². The highest BCUT2D eigenvalue weighted by Gasteiger charge is 2.07. The molecule has 0 saturated heterocycles. The molecule has 2 aromatic carbocycles. The zero-order valence-corrected chi connectivity index (χ0v) is 12.0. The van der Waals surface area contributed by atoms with E-state index in [1.54, 1.807) is 25.1 Å². The van der Waals surface area contributed by atoms with Crippen molar-refractivity contribution >= 4 is 0 Å². The molecule has 0 atom stereocenters. The topological polar surface area (TPSA) is 12.0 Å². The van der Waals surface area contributed by atoms with Crippen LogP contribution in [-0.4, -0.2) is 6.04 Å². The molecule has 0 radical (unpaired) electrons. The van der Waals surface area contributed by atoms with E-state index in [0.29, 0.717) is 34.8 Å². The fraction of sp³-hybridized carbons (Fsp3) is 0.294. The van der Waals surface area contributed by atoms with E-state index in [9.17, 15) is 8.78 Å². The van der Waals surface area contributed by atoms with Gasteiger partial charge in [-0.25, -0.2) is 8.78 Å². The molecule has 0 saturated carbocycles. The molecule has 0 unspecified atom stereocenters. The number of benzene rings is 2. The van der Waals surface area contributed by atoms with Gasteiger partial charge in [-0.2, -0.15) is 0 Å². The number of hydrogen-bond donors (Lipinski definition) is 1. The van der Waals surface area contributed by atoms with Crippen LogP contribution in [0.3, 0.4) is 0 Å². The minimum atomic E-state index is -0.270. The summed E-state index contributed by atoms with van der Waals surface area (Å²) in [5, 5.41) is 3.18. The van der Waals surface area contributed by atoms with Crippen molar-refractivity contribution in [1.29, 1.82) is 0 Å². The summed E-state index contributed by atoms with van der Waals surface area (Å²) in [5.74, 6) is -0.537. The zero-order valence-electron chi connectivity index (χ0n) is 12.0. The van der Waals surface area contributed by atoms with Crippen LogP contribution in [-0.2, 0) is 6.54 Å². The monoisotopic (exact) mass is 275 g/mol. The third kappa shape index (κ3) is 3.42.